The Morgan fingerprint density at radius 3 is 2.64 bits per heavy atom. The maximum Gasteiger partial charge on any atom is 0.230 e. The highest BCUT2D eigenvalue weighted by Gasteiger charge is 2.16. The van der Waals surface area contributed by atoms with Crippen molar-refractivity contribution in [2.75, 3.05) is 12.9 Å². The van der Waals surface area contributed by atoms with Crippen LogP contribution < -0.4 is 10.1 Å². The molecule has 4 rings (SSSR count). The Hall–Kier alpha value is -3.66. The van der Waals surface area contributed by atoms with E-state index >= 15 is 0 Å². The lowest BCUT2D eigenvalue weighted by Crippen LogP contribution is -2.25. The molecule has 4 aromatic rings. The number of hydrogen-bond donors (Lipinski definition) is 1. The zero-order valence-electron chi connectivity index (χ0n) is 18.7. The van der Waals surface area contributed by atoms with Crippen LogP contribution in [0.5, 0.6) is 5.75 Å². The Morgan fingerprint density at radius 2 is 1.85 bits per heavy atom. The summed E-state index contributed by atoms with van der Waals surface area (Å²) < 4.78 is 8.93. The van der Waals surface area contributed by atoms with E-state index in [4.69, 9.17) is 4.74 Å². The summed E-state index contributed by atoms with van der Waals surface area (Å²) >= 11 is 1.26. The van der Waals surface area contributed by atoms with Gasteiger partial charge in [-0.25, -0.2) is 0 Å². The lowest BCUT2D eigenvalue weighted by Gasteiger charge is -2.09. The maximum atomic E-state index is 12.5. The number of rotatable bonds is 9. The molecule has 0 radical (unpaired) electrons. The minimum atomic E-state index is -0.107. The van der Waals surface area contributed by atoms with Crippen molar-refractivity contribution in [2.45, 2.75) is 32.1 Å². The number of methoxy groups -OCH3 is 1. The fourth-order valence-electron chi connectivity index (χ4n) is 3.49. The van der Waals surface area contributed by atoms with Crippen LogP contribution in [0.1, 0.15) is 22.5 Å². The van der Waals surface area contributed by atoms with Crippen LogP contribution in [0.3, 0.4) is 0 Å². The number of amides is 1. The molecule has 1 N–H and O–H groups in total. The monoisotopic (exact) mass is 463 g/mol. The van der Waals surface area contributed by atoms with Gasteiger partial charge in [0.2, 0.25) is 11.1 Å². The number of benzene rings is 2. The Balaban J connectivity index is 1.36. The number of carbonyl (C=O) groups is 1. The van der Waals surface area contributed by atoms with Gasteiger partial charge in [-0.15, -0.1) is 5.10 Å². The molecule has 0 aliphatic carbocycles. The zero-order chi connectivity index (χ0) is 23.2. The number of hydrogen-bond acceptors (Lipinski definition) is 7. The van der Waals surface area contributed by atoms with Gasteiger partial charge in [0.05, 0.1) is 25.1 Å². The van der Waals surface area contributed by atoms with Gasteiger partial charge < -0.3 is 10.1 Å². The first-order chi connectivity index (χ1) is 16.1. The minimum absolute atomic E-state index is 0.107. The standard InChI is InChI=1S/C23H25N7O2S/c1-16-19(17(2)29(26-16)14-18-9-5-4-6-10-18)13-24-22(31)15-33-23-25-27-28-30(23)20-11-7-8-12-21(20)32-3/h4-12H,13-15H2,1-3H3,(H,24,31). The molecule has 0 bridgehead atoms. The van der Waals surface area contributed by atoms with E-state index in [2.05, 4.69) is 38.1 Å². The molecule has 10 heteroatoms. The number of thioether (sulfide) groups is 1. The summed E-state index contributed by atoms with van der Waals surface area (Å²) in [5.41, 5.74) is 4.89. The van der Waals surface area contributed by atoms with Gasteiger partial charge >= 0.3 is 0 Å². The van der Waals surface area contributed by atoms with Crippen LogP contribution in [-0.2, 0) is 17.9 Å². The van der Waals surface area contributed by atoms with Crippen molar-refractivity contribution in [3.8, 4) is 11.4 Å². The fraction of sp³-hybridized carbons (Fsp3) is 0.261. The molecule has 0 saturated heterocycles. The number of nitrogens with zero attached hydrogens (tertiary/aromatic N) is 6. The van der Waals surface area contributed by atoms with E-state index in [1.807, 2.05) is 61.0 Å². The summed E-state index contributed by atoms with van der Waals surface area (Å²) in [5, 5.41) is 20.0. The summed E-state index contributed by atoms with van der Waals surface area (Å²) in [5.74, 6) is 0.727. The molecular formula is C23H25N7O2S. The molecule has 0 fully saturated rings. The van der Waals surface area contributed by atoms with E-state index < -0.39 is 0 Å². The summed E-state index contributed by atoms with van der Waals surface area (Å²) in [4.78, 5) is 12.5. The Kier molecular flexibility index (Phi) is 7.04. The van der Waals surface area contributed by atoms with Gasteiger partial charge in [-0.2, -0.15) is 9.78 Å². The van der Waals surface area contributed by atoms with E-state index in [0.29, 0.717) is 29.7 Å². The molecule has 0 aliphatic heterocycles. The molecule has 0 spiro atoms. The highest BCUT2D eigenvalue weighted by atomic mass is 32.2. The second kappa shape index (κ2) is 10.3. The van der Waals surface area contributed by atoms with Gasteiger partial charge in [0.15, 0.2) is 0 Å². The van der Waals surface area contributed by atoms with Crippen molar-refractivity contribution >= 4 is 17.7 Å². The molecule has 33 heavy (non-hydrogen) atoms. The number of aromatic nitrogens is 6. The number of carbonyl (C=O) groups excluding carboxylic acids is 1. The highest BCUT2D eigenvalue weighted by Crippen LogP contribution is 2.25. The van der Waals surface area contributed by atoms with Crippen molar-refractivity contribution in [1.82, 2.24) is 35.3 Å². The van der Waals surface area contributed by atoms with Gasteiger partial charge in [-0.3, -0.25) is 9.48 Å². The van der Waals surface area contributed by atoms with Crippen molar-refractivity contribution in [2.24, 2.45) is 0 Å². The first-order valence-corrected chi connectivity index (χ1v) is 11.4. The summed E-state index contributed by atoms with van der Waals surface area (Å²) in [7, 11) is 1.59. The molecule has 0 atom stereocenters. The number of aryl methyl sites for hydroxylation is 1. The second-order valence-electron chi connectivity index (χ2n) is 7.40. The lowest BCUT2D eigenvalue weighted by atomic mass is 10.2. The Morgan fingerprint density at radius 1 is 1.09 bits per heavy atom. The Labute approximate surface area is 196 Å². The Bertz CT molecular complexity index is 1240. The van der Waals surface area contributed by atoms with Crippen molar-refractivity contribution in [1.29, 1.82) is 0 Å². The highest BCUT2D eigenvalue weighted by molar-refractivity contribution is 7.99. The lowest BCUT2D eigenvalue weighted by molar-refractivity contribution is -0.118. The fourth-order valence-corrected chi connectivity index (χ4v) is 4.21. The minimum Gasteiger partial charge on any atom is -0.494 e. The average molecular weight is 464 g/mol. The third-order valence-corrected chi connectivity index (χ3v) is 6.17. The average Bonchev–Trinajstić information content (AvgIpc) is 3.41. The molecule has 0 aliphatic rings. The predicted molar refractivity (Wildman–Crippen MR) is 126 cm³/mol. The van der Waals surface area contributed by atoms with E-state index in [1.165, 1.54) is 17.3 Å². The maximum absolute atomic E-state index is 12.5. The van der Waals surface area contributed by atoms with E-state index in [0.717, 1.165) is 17.0 Å². The van der Waals surface area contributed by atoms with Gasteiger partial charge in [-0.05, 0) is 42.0 Å². The van der Waals surface area contributed by atoms with Crippen LogP contribution in [0.4, 0.5) is 0 Å². The quantitative estimate of drug-likeness (QED) is 0.381. The molecule has 2 aromatic carbocycles. The molecule has 2 aromatic heterocycles. The zero-order valence-corrected chi connectivity index (χ0v) is 19.5. The van der Waals surface area contributed by atoms with Gasteiger partial charge in [0.1, 0.15) is 11.4 Å². The van der Waals surface area contributed by atoms with Crippen LogP contribution in [-0.4, -0.2) is 48.8 Å². The van der Waals surface area contributed by atoms with Crippen LogP contribution in [0.25, 0.3) is 5.69 Å². The summed E-state index contributed by atoms with van der Waals surface area (Å²) in [6, 6.07) is 17.6. The van der Waals surface area contributed by atoms with Crippen molar-refractivity contribution < 1.29 is 9.53 Å². The number of tetrazole rings is 1. The van der Waals surface area contributed by atoms with Crippen LogP contribution in [0.2, 0.25) is 0 Å². The number of nitrogens with one attached hydrogen (secondary N) is 1. The van der Waals surface area contributed by atoms with Crippen molar-refractivity contribution in [3.05, 3.63) is 77.1 Å². The number of ether oxygens (including phenoxy) is 1. The molecule has 0 unspecified atom stereocenters. The normalized spacial score (nSPS) is 10.9. The first-order valence-electron chi connectivity index (χ1n) is 10.4. The predicted octanol–water partition coefficient (Wildman–Crippen LogP) is 2.94. The summed E-state index contributed by atoms with van der Waals surface area (Å²) in [6.45, 7) is 5.11. The summed E-state index contributed by atoms with van der Waals surface area (Å²) in [6.07, 6.45) is 0. The molecule has 9 nitrogen and oxygen atoms in total. The molecule has 0 saturated carbocycles. The molecule has 2 heterocycles. The number of para-hydroxylation sites is 2. The van der Waals surface area contributed by atoms with Crippen LogP contribution in [0.15, 0.2) is 59.8 Å². The van der Waals surface area contributed by atoms with Crippen LogP contribution >= 0.6 is 11.8 Å². The van der Waals surface area contributed by atoms with Crippen LogP contribution in [0, 0.1) is 13.8 Å². The first kappa shape index (κ1) is 22.5. The second-order valence-corrected chi connectivity index (χ2v) is 8.35. The topological polar surface area (TPSA) is 99.8 Å². The van der Waals surface area contributed by atoms with E-state index in [-0.39, 0.29) is 11.7 Å². The molecular weight excluding hydrogens is 438 g/mol. The van der Waals surface area contributed by atoms with Gasteiger partial charge in [0.25, 0.3) is 0 Å². The third kappa shape index (κ3) is 5.23. The van der Waals surface area contributed by atoms with E-state index in [9.17, 15) is 4.79 Å². The SMILES string of the molecule is COc1ccccc1-n1nnnc1SCC(=O)NCc1c(C)nn(Cc2ccccc2)c1C. The van der Waals surface area contributed by atoms with E-state index in [1.54, 1.807) is 11.8 Å². The third-order valence-electron chi connectivity index (χ3n) is 5.26. The van der Waals surface area contributed by atoms with Crippen molar-refractivity contribution in [3.63, 3.8) is 0 Å². The molecule has 170 valence electrons. The van der Waals surface area contributed by atoms with Gasteiger partial charge in [0, 0.05) is 17.8 Å². The largest absolute Gasteiger partial charge is 0.494 e. The smallest absolute Gasteiger partial charge is 0.230 e. The molecule has 1 amide bonds. The van der Waals surface area contributed by atoms with Gasteiger partial charge in [-0.1, -0.05) is 54.2 Å².